The molecule has 2 unspecified atom stereocenters. The largest absolute Gasteiger partial charge is 0.497 e. The Morgan fingerprint density at radius 3 is 2.83 bits per heavy atom. The van der Waals surface area contributed by atoms with E-state index in [0.29, 0.717) is 12.5 Å². The van der Waals surface area contributed by atoms with Crippen molar-refractivity contribution in [3.05, 3.63) is 59.2 Å². The van der Waals surface area contributed by atoms with Crippen molar-refractivity contribution in [1.82, 2.24) is 10.6 Å². The van der Waals surface area contributed by atoms with Crippen LogP contribution >= 0.6 is 0 Å². The van der Waals surface area contributed by atoms with Crippen molar-refractivity contribution in [2.75, 3.05) is 31.6 Å². The van der Waals surface area contributed by atoms with Gasteiger partial charge in [-0.2, -0.15) is 0 Å². The van der Waals surface area contributed by atoms with Crippen LogP contribution < -0.4 is 20.3 Å². The van der Waals surface area contributed by atoms with Gasteiger partial charge in [0.25, 0.3) is 0 Å². The minimum atomic E-state index is -0.0833. The number of anilines is 1. The Labute approximate surface area is 179 Å². The number of ether oxygens (including phenoxy) is 1. The number of carbonyl (C=O) groups excluding carboxylic acids is 1. The molecule has 0 radical (unpaired) electrons. The molecule has 2 aromatic carbocycles. The van der Waals surface area contributed by atoms with E-state index < -0.39 is 0 Å². The number of rotatable bonds is 6. The van der Waals surface area contributed by atoms with Crippen LogP contribution in [0.1, 0.15) is 48.9 Å². The van der Waals surface area contributed by atoms with Gasteiger partial charge in [0.1, 0.15) is 5.75 Å². The average Bonchev–Trinajstić information content (AvgIpc) is 3.26. The summed E-state index contributed by atoms with van der Waals surface area (Å²) in [6.07, 6.45) is 5.99. The summed E-state index contributed by atoms with van der Waals surface area (Å²) in [6.45, 7) is 4.72. The zero-order chi connectivity index (χ0) is 20.9. The van der Waals surface area contributed by atoms with Crippen LogP contribution in [-0.2, 0) is 12.8 Å². The van der Waals surface area contributed by atoms with Crippen LogP contribution in [0, 0.1) is 5.92 Å². The van der Waals surface area contributed by atoms with E-state index in [1.54, 1.807) is 7.11 Å². The van der Waals surface area contributed by atoms with E-state index >= 15 is 0 Å². The molecule has 2 atom stereocenters. The second-order valence-electron chi connectivity index (χ2n) is 8.61. The number of fused-ring (bicyclic) bond motifs is 1. The molecule has 4 rings (SSSR count). The molecule has 5 heteroatoms. The molecule has 1 heterocycles. The van der Waals surface area contributed by atoms with Crippen molar-refractivity contribution < 1.29 is 9.53 Å². The molecule has 2 N–H and O–H groups in total. The Morgan fingerprint density at radius 2 is 2.00 bits per heavy atom. The quantitative estimate of drug-likeness (QED) is 0.743. The highest BCUT2D eigenvalue weighted by molar-refractivity contribution is 5.74. The number of benzene rings is 2. The second-order valence-corrected chi connectivity index (χ2v) is 8.61. The zero-order valence-electron chi connectivity index (χ0n) is 18.1. The van der Waals surface area contributed by atoms with Gasteiger partial charge in [-0.3, -0.25) is 0 Å². The summed E-state index contributed by atoms with van der Waals surface area (Å²) in [5, 5.41) is 6.19. The standard InChI is InChI=1S/C25H33N3O2/c1-18(21-11-10-20-6-3-4-7-22(20)14-21)27-25(29)26-16-19-12-13-28(17-19)23-8-5-9-24(15-23)30-2/h5,8-11,14-15,18-19H,3-4,6-7,12-13,16-17H2,1-2H3,(H2,26,27,29). The van der Waals surface area contributed by atoms with Gasteiger partial charge in [-0.15, -0.1) is 0 Å². The number of hydrogen-bond donors (Lipinski definition) is 2. The molecule has 160 valence electrons. The molecule has 0 spiro atoms. The highest BCUT2D eigenvalue weighted by Gasteiger charge is 2.23. The van der Waals surface area contributed by atoms with E-state index in [9.17, 15) is 4.79 Å². The SMILES string of the molecule is COc1cccc(N2CCC(CNC(=O)NC(C)c3ccc4c(c3)CCCC4)C2)c1. The normalized spacial score (nSPS) is 19.1. The lowest BCUT2D eigenvalue weighted by Gasteiger charge is -2.21. The highest BCUT2D eigenvalue weighted by atomic mass is 16.5. The van der Waals surface area contributed by atoms with Gasteiger partial charge in [0.2, 0.25) is 0 Å². The van der Waals surface area contributed by atoms with Gasteiger partial charge >= 0.3 is 6.03 Å². The topological polar surface area (TPSA) is 53.6 Å². The maximum absolute atomic E-state index is 12.5. The van der Waals surface area contributed by atoms with Gasteiger partial charge in [0.05, 0.1) is 13.2 Å². The van der Waals surface area contributed by atoms with Gasteiger partial charge in [-0.25, -0.2) is 4.79 Å². The number of amides is 2. The lowest BCUT2D eigenvalue weighted by Crippen LogP contribution is -2.40. The number of hydrogen-bond acceptors (Lipinski definition) is 3. The zero-order valence-corrected chi connectivity index (χ0v) is 18.1. The van der Waals surface area contributed by atoms with Gasteiger partial charge < -0.3 is 20.3 Å². The number of carbonyl (C=O) groups is 1. The summed E-state index contributed by atoms with van der Waals surface area (Å²) in [5.74, 6) is 1.34. The smallest absolute Gasteiger partial charge is 0.315 e. The fraction of sp³-hybridized carbons (Fsp3) is 0.480. The summed E-state index contributed by atoms with van der Waals surface area (Å²) >= 11 is 0. The first kappa shape index (κ1) is 20.6. The minimum Gasteiger partial charge on any atom is -0.497 e. The van der Waals surface area contributed by atoms with Crippen LogP contribution in [0.2, 0.25) is 0 Å². The highest BCUT2D eigenvalue weighted by Crippen LogP contribution is 2.27. The first-order valence-electron chi connectivity index (χ1n) is 11.2. The van der Waals surface area contributed by atoms with Crippen molar-refractivity contribution in [2.45, 2.75) is 45.1 Å². The number of nitrogens with zero attached hydrogens (tertiary/aromatic N) is 1. The summed E-state index contributed by atoms with van der Waals surface area (Å²) < 4.78 is 5.33. The third-order valence-corrected chi connectivity index (χ3v) is 6.48. The van der Waals surface area contributed by atoms with E-state index in [1.165, 1.54) is 41.6 Å². The van der Waals surface area contributed by atoms with Gasteiger partial charge in [-0.05, 0) is 73.8 Å². The Bertz CT molecular complexity index is 882. The molecule has 1 fully saturated rings. The molecule has 30 heavy (non-hydrogen) atoms. The van der Waals surface area contributed by atoms with E-state index in [-0.39, 0.29) is 12.1 Å². The molecule has 0 bridgehead atoms. The predicted molar refractivity (Wildman–Crippen MR) is 121 cm³/mol. The monoisotopic (exact) mass is 407 g/mol. The molecule has 1 aliphatic carbocycles. The fourth-order valence-electron chi connectivity index (χ4n) is 4.63. The Morgan fingerprint density at radius 1 is 1.17 bits per heavy atom. The maximum Gasteiger partial charge on any atom is 0.315 e. The maximum atomic E-state index is 12.5. The first-order valence-corrected chi connectivity index (χ1v) is 11.2. The average molecular weight is 408 g/mol. The van der Waals surface area contributed by atoms with Crippen LogP contribution in [0.15, 0.2) is 42.5 Å². The predicted octanol–water partition coefficient (Wildman–Crippen LogP) is 4.46. The second kappa shape index (κ2) is 9.41. The molecule has 5 nitrogen and oxygen atoms in total. The van der Waals surface area contributed by atoms with E-state index in [1.807, 2.05) is 12.1 Å². The van der Waals surface area contributed by atoms with E-state index in [0.717, 1.165) is 31.7 Å². The third kappa shape index (κ3) is 4.89. The number of urea groups is 1. The van der Waals surface area contributed by atoms with Crippen molar-refractivity contribution >= 4 is 11.7 Å². The van der Waals surface area contributed by atoms with Crippen molar-refractivity contribution in [2.24, 2.45) is 5.92 Å². The summed E-state index contributed by atoms with van der Waals surface area (Å²) in [5.41, 5.74) is 5.30. The van der Waals surface area contributed by atoms with Crippen LogP contribution in [-0.4, -0.2) is 32.8 Å². The van der Waals surface area contributed by atoms with Crippen LogP contribution in [0.4, 0.5) is 10.5 Å². The summed E-state index contributed by atoms with van der Waals surface area (Å²) in [6, 6.07) is 14.8. The molecule has 2 aliphatic rings. The van der Waals surface area contributed by atoms with E-state index in [2.05, 4.69) is 52.8 Å². The summed E-state index contributed by atoms with van der Waals surface area (Å²) in [7, 11) is 1.69. The number of nitrogens with one attached hydrogen (secondary N) is 2. The molecule has 0 aromatic heterocycles. The molecule has 0 saturated carbocycles. The summed E-state index contributed by atoms with van der Waals surface area (Å²) in [4.78, 5) is 14.8. The molecular formula is C25H33N3O2. The van der Waals surface area contributed by atoms with Crippen LogP contribution in [0.25, 0.3) is 0 Å². The molecule has 2 amide bonds. The Hall–Kier alpha value is -2.69. The molecule has 2 aromatic rings. The van der Waals surface area contributed by atoms with Gasteiger partial charge in [0, 0.05) is 31.4 Å². The first-order chi connectivity index (χ1) is 14.6. The third-order valence-electron chi connectivity index (χ3n) is 6.48. The van der Waals surface area contributed by atoms with Crippen molar-refractivity contribution in [3.63, 3.8) is 0 Å². The van der Waals surface area contributed by atoms with Gasteiger partial charge in [-0.1, -0.05) is 24.3 Å². The fourth-order valence-corrected chi connectivity index (χ4v) is 4.63. The van der Waals surface area contributed by atoms with Gasteiger partial charge in [0.15, 0.2) is 0 Å². The number of aryl methyl sites for hydroxylation is 2. The molecule has 1 saturated heterocycles. The number of methoxy groups -OCH3 is 1. The van der Waals surface area contributed by atoms with E-state index in [4.69, 9.17) is 4.74 Å². The van der Waals surface area contributed by atoms with Crippen LogP contribution in [0.3, 0.4) is 0 Å². The lowest BCUT2D eigenvalue weighted by atomic mass is 9.89. The molecular weight excluding hydrogens is 374 g/mol. The lowest BCUT2D eigenvalue weighted by molar-refractivity contribution is 0.236. The van der Waals surface area contributed by atoms with Crippen molar-refractivity contribution in [3.8, 4) is 5.75 Å². The minimum absolute atomic E-state index is 0.00841. The van der Waals surface area contributed by atoms with Crippen molar-refractivity contribution in [1.29, 1.82) is 0 Å². The molecule has 1 aliphatic heterocycles. The Kier molecular flexibility index (Phi) is 6.46. The van der Waals surface area contributed by atoms with Crippen LogP contribution in [0.5, 0.6) is 5.75 Å². The Balaban J connectivity index is 1.25.